The topological polar surface area (TPSA) is 97.6 Å². The molecule has 0 spiro atoms. The number of nitrogens with zero attached hydrogens (tertiary/aromatic N) is 3. The third kappa shape index (κ3) is 4.56. The zero-order valence-corrected chi connectivity index (χ0v) is 21.5. The number of carbonyl (C=O) groups excluding carboxylic acids is 2. The first-order chi connectivity index (χ1) is 19.4. The second kappa shape index (κ2) is 10.5. The summed E-state index contributed by atoms with van der Waals surface area (Å²) in [6.07, 6.45) is 0.784. The van der Waals surface area contributed by atoms with E-state index in [4.69, 9.17) is 4.74 Å². The molecule has 1 fully saturated rings. The number of amides is 2. The number of para-hydroxylation sites is 1. The molecule has 0 saturated carbocycles. The van der Waals surface area contributed by atoms with Gasteiger partial charge in [0, 0.05) is 23.1 Å². The number of aliphatic imine (C=N–C) groups is 1. The number of aromatic nitrogens is 2. The molecule has 2 atom stereocenters. The van der Waals surface area contributed by atoms with Gasteiger partial charge in [-0.1, -0.05) is 55.5 Å². The molecule has 0 radical (unpaired) electrons. The first-order valence-electron chi connectivity index (χ1n) is 13.0. The van der Waals surface area contributed by atoms with Crippen LogP contribution >= 0.6 is 0 Å². The summed E-state index contributed by atoms with van der Waals surface area (Å²) >= 11 is 0. The fourth-order valence-corrected chi connectivity index (χ4v) is 4.83. The van der Waals surface area contributed by atoms with Gasteiger partial charge in [0.2, 0.25) is 6.17 Å². The molecular formula is C30H25F2N5O3. The number of hydrogen-bond acceptors (Lipinski definition) is 5. The lowest BCUT2D eigenvalue weighted by Crippen LogP contribution is -2.42. The normalized spacial score (nSPS) is 18.2. The van der Waals surface area contributed by atoms with Gasteiger partial charge in [0.05, 0.1) is 35.5 Å². The number of carbonyl (C=O) groups is 2. The third-order valence-corrected chi connectivity index (χ3v) is 7.02. The molecule has 1 unspecified atom stereocenters. The van der Waals surface area contributed by atoms with Gasteiger partial charge in [-0.05, 0) is 30.2 Å². The number of halogens is 2. The summed E-state index contributed by atoms with van der Waals surface area (Å²) in [5.41, 5.74) is 2.60. The monoisotopic (exact) mass is 541 g/mol. The highest BCUT2D eigenvalue weighted by Crippen LogP contribution is 2.34. The Morgan fingerprint density at radius 2 is 1.88 bits per heavy atom. The zero-order valence-electron chi connectivity index (χ0n) is 21.5. The Bertz CT molecular complexity index is 1650. The van der Waals surface area contributed by atoms with E-state index in [1.807, 2.05) is 13.0 Å². The van der Waals surface area contributed by atoms with Crippen LogP contribution in [0.25, 0.3) is 11.3 Å². The molecule has 1 saturated heterocycles. The molecule has 0 bridgehead atoms. The number of anilines is 1. The summed E-state index contributed by atoms with van der Waals surface area (Å²) in [5.74, 6) is -2.55. The number of benzodiazepines with no additional fused rings is 1. The maximum atomic E-state index is 15.3. The van der Waals surface area contributed by atoms with Crippen LogP contribution in [0.2, 0.25) is 0 Å². The van der Waals surface area contributed by atoms with Gasteiger partial charge in [-0.25, -0.2) is 18.5 Å². The zero-order chi connectivity index (χ0) is 27.8. The van der Waals surface area contributed by atoms with Crippen LogP contribution in [-0.4, -0.2) is 40.1 Å². The van der Waals surface area contributed by atoms with Crippen molar-refractivity contribution in [2.45, 2.75) is 32.2 Å². The fraction of sp³-hybridized carbons (Fsp3) is 0.200. The lowest BCUT2D eigenvalue weighted by molar-refractivity contribution is -0.117. The Morgan fingerprint density at radius 3 is 2.58 bits per heavy atom. The van der Waals surface area contributed by atoms with Gasteiger partial charge in [-0.2, -0.15) is 5.10 Å². The molecule has 10 heteroatoms. The van der Waals surface area contributed by atoms with Crippen molar-refractivity contribution in [1.82, 2.24) is 15.1 Å². The van der Waals surface area contributed by atoms with Crippen LogP contribution in [-0.2, 0) is 16.0 Å². The van der Waals surface area contributed by atoms with Crippen LogP contribution in [0.4, 0.5) is 14.5 Å². The molecule has 1 aromatic heterocycles. The highest BCUT2D eigenvalue weighted by Gasteiger charge is 2.33. The van der Waals surface area contributed by atoms with Crippen molar-refractivity contribution in [2.24, 2.45) is 4.99 Å². The van der Waals surface area contributed by atoms with E-state index in [1.165, 1.54) is 29.1 Å². The highest BCUT2D eigenvalue weighted by atomic mass is 19.1. The quantitative estimate of drug-likeness (QED) is 0.365. The fourth-order valence-electron chi connectivity index (χ4n) is 4.83. The number of fused-ring (bicyclic) bond motifs is 1. The van der Waals surface area contributed by atoms with E-state index in [2.05, 4.69) is 20.7 Å². The van der Waals surface area contributed by atoms with Crippen molar-refractivity contribution in [1.29, 1.82) is 0 Å². The summed E-state index contributed by atoms with van der Waals surface area (Å²) < 4.78 is 37.1. The largest absolute Gasteiger partial charge is 0.356 e. The number of hydrogen-bond donors (Lipinski definition) is 2. The van der Waals surface area contributed by atoms with Crippen LogP contribution in [0.1, 0.15) is 46.6 Å². The molecule has 2 N–H and O–H groups in total. The van der Waals surface area contributed by atoms with E-state index < -0.39 is 35.8 Å². The van der Waals surface area contributed by atoms with Gasteiger partial charge in [0.1, 0.15) is 11.6 Å². The molecule has 3 aromatic carbocycles. The van der Waals surface area contributed by atoms with E-state index >= 15 is 4.39 Å². The van der Waals surface area contributed by atoms with Gasteiger partial charge in [-0.3, -0.25) is 9.59 Å². The van der Waals surface area contributed by atoms with Gasteiger partial charge in [0.25, 0.3) is 11.8 Å². The average molecular weight is 542 g/mol. The standard InChI is InChI=1S/C30H25F2N5O3/c1-2-17-11-12-19(23(32)15-17)27-21(16-33-37(27)24-13-14-40-24)29(38)36-28-30(39)35-26-20(9-6-10-22(26)31)25(34-28)18-7-4-3-5-8-18/h3-12,15-16,24,28H,2,13-14H2,1H3,(H,35,39)(H,36,38)/t24?,28-/m1/s1. The molecule has 2 amide bonds. The number of rotatable bonds is 6. The summed E-state index contributed by atoms with van der Waals surface area (Å²) in [5, 5.41) is 9.54. The Hall–Kier alpha value is -4.70. The number of benzene rings is 3. The SMILES string of the molecule is CCc1ccc(-c2c(C(=O)N[C@H]3N=C(c4ccccc4)c4cccc(F)c4NC3=O)cnn2C2CCO2)c(F)c1. The van der Waals surface area contributed by atoms with Crippen molar-refractivity contribution < 1.29 is 23.1 Å². The van der Waals surface area contributed by atoms with E-state index in [-0.39, 0.29) is 22.5 Å². The molecule has 2 aliphatic heterocycles. The summed E-state index contributed by atoms with van der Waals surface area (Å²) in [6, 6.07) is 18.2. The van der Waals surface area contributed by atoms with Crippen molar-refractivity contribution in [3.8, 4) is 11.3 Å². The van der Waals surface area contributed by atoms with Gasteiger partial charge >= 0.3 is 0 Å². The molecule has 0 aliphatic carbocycles. The minimum Gasteiger partial charge on any atom is -0.356 e. The summed E-state index contributed by atoms with van der Waals surface area (Å²) in [4.78, 5) is 31.5. The predicted molar refractivity (Wildman–Crippen MR) is 145 cm³/mol. The molecule has 2 aliphatic rings. The van der Waals surface area contributed by atoms with E-state index in [9.17, 15) is 14.0 Å². The Labute approximate surface area is 228 Å². The number of ether oxygens (including phenoxy) is 1. The maximum Gasteiger partial charge on any atom is 0.269 e. The minimum atomic E-state index is -1.40. The summed E-state index contributed by atoms with van der Waals surface area (Å²) in [6.45, 7) is 2.45. The van der Waals surface area contributed by atoms with Crippen LogP contribution in [0.3, 0.4) is 0 Å². The average Bonchev–Trinajstić information content (AvgIpc) is 3.29. The molecule has 8 nitrogen and oxygen atoms in total. The minimum absolute atomic E-state index is 0.0272. The molecule has 3 heterocycles. The Morgan fingerprint density at radius 1 is 1.07 bits per heavy atom. The smallest absolute Gasteiger partial charge is 0.269 e. The van der Waals surface area contributed by atoms with E-state index in [1.54, 1.807) is 42.5 Å². The van der Waals surface area contributed by atoms with Gasteiger partial charge in [-0.15, -0.1) is 0 Å². The maximum absolute atomic E-state index is 15.3. The van der Waals surface area contributed by atoms with Crippen LogP contribution in [0.5, 0.6) is 0 Å². The van der Waals surface area contributed by atoms with Crippen molar-refractivity contribution in [3.05, 3.63) is 107 Å². The molecule has 4 aromatic rings. The van der Waals surface area contributed by atoms with E-state index in [0.29, 0.717) is 36.3 Å². The van der Waals surface area contributed by atoms with E-state index in [0.717, 1.165) is 5.56 Å². The predicted octanol–water partition coefficient (Wildman–Crippen LogP) is 4.86. The van der Waals surface area contributed by atoms with Crippen molar-refractivity contribution in [3.63, 3.8) is 0 Å². The molecule has 6 rings (SSSR count). The van der Waals surface area contributed by atoms with Gasteiger partial charge in [0.15, 0.2) is 6.23 Å². The van der Waals surface area contributed by atoms with Crippen molar-refractivity contribution >= 4 is 23.2 Å². The third-order valence-electron chi connectivity index (χ3n) is 7.02. The number of nitrogens with one attached hydrogen (secondary N) is 2. The molecular weight excluding hydrogens is 516 g/mol. The Kier molecular flexibility index (Phi) is 6.69. The number of aryl methyl sites for hydroxylation is 1. The lowest BCUT2D eigenvalue weighted by Gasteiger charge is -2.28. The first-order valence-corrected chi connectivity index (χ1v) is 13.0. The Balaban J connectivity index is 1.40. The van der Waals surface area contributed by atoms with Crippen LogP contribution < -0.4 is 10.6 Å². The lowest BCUT2D eigenvalue weighted by atomic mass is 10.0. The highest BCUT2D eigenvalue weighted by molar-refractivity contribution is 6.20. The van der Waals surface area contributed by atoms with Crippen LogP contribution in [0, 0.1) is 11.6 Å². The summed E-state index contributed by atoms with van der Waals surface area (Å²) in [7, 11) is 0. The van der Waals surface area contributed by atoms with Crippen molar-refractivity contribution in [2.75, 3.05) is 11.9 Å². The molecule has 202 valence electrons. The van der Waals surface area contributed by atoms with Gasteiger partial charge < -0.3 is 15.4 Å². The van der Waals surface area contributed by atoms with Crippen LogP contribution in [0.15, 0.2) is 77.9 Å². The first kappa shape index (κ1) is 25.6. The second-order valence-corrected chi connectivity index (χ2v) is 9.50. The molecule has 40 heavy (non-hydrogen) atoms. The second-order valence-electron chi connectivity index (χ2n) is 9.50.